The first-order valence-corrected chi connectivity index (χ1v) is 6.86. The molecule has 0 bridgehead atoms. The maximum atomic E-state index is 10.1. The Kier molecular flexibility index (Phi) is 4.13. The summed E-state index contributed by atoms with van der Waals surface area (Å²) in [6, 6.07) is 1.96. The van der Waals surface area contributed by atoms with Gasteiger partial charge in [0.25, 0.3) is 0 Å². The molecule has 3 nitrogen and oxygen atoms in total. The third kappa shape index (κ3) is 3.36. The van der Waals surface area contributed by atoms with Gasteiger partial charge in [0.2, 0.25) is 0 Å². The van der Waals surface area contributed by atoms with Gasteiger partial charge in [0.05, 0.1) is 30.3 Å². The molecule has 1 aromatic heterocycles. The zero-order valence-corrected chi connectivity index (χ0v) is 11.6. The highest BCUT2D eigenvalue weighted by Crippen LogP contribution is 2.42. The molecule has 1 fully saturated rings. The van der Waals surface area contributed by atoms with Crippen molar-refractivity contribution in [2.75, 3.05) is 0 Å². The number of aliphatic hydroxyl groups is 1. The molecule has 2 heterocycles. The molecule has 1 aromatic rings. The number of rotatable bonds is 5. The standard InChI is InChI=1S/C15H24O3/c1-11(2)8-13(16)9-15(3)6-4-14(18-15)12-5-7-17-10-12/h5,7,10-11,13-14,16H,4,6,8-9H2,1-3H3/t13?,14-,15+/m1/s1. The number of furan rings is 1. The number of hydrogen-bond acceptors (Lipinski definition) is 3. The molecule has 0 saturated carbocycles. The Balaban J connectivity index is 1.90. The van der Waals surface area contributed by atoms with E-state index in [9.17, 15) is 5.11 Å². The van der Waals surface area contributed by atoms with Gasteiger partial charge in [0.1, 0.15) is 0 Å². The number of ether oxygens (including phenoxy) is 1. The summed E-state index contributed by atoms with van der Waals surface area (Å²) in [6.07, 6.45) is 6.86. The van der Waals surface area contributed by atoms with Gasteiger partial charge in [-0.3, -0.25) is 0 Å². The molecular weight excluding hydrogens is 228 g/mol. The van der Waals surface area contributed by atoms with Crippen molar-refractivity contribution in [1.82, 2.24) is 0 Å². The minimum absolute atomic E-state index is 0.125. The van der Waals surface area contributed by atoms with Crippen LogP contribution in [0.2, 0.25) is 0 Å². The van der Waals surface area contributed by atoms with Crippen LogP contribution in [-0.2, 0) is 4.74 Å². The predicted octanol–water partition coefficient (Wildman–Crippen LogP) is 3.69. The summed E-state index contributed by atoms with van der Waals surface area (Å²) in [4.78, 5) is 0. The molecule has 1 aliphatic rings. The molecule has 1 saturated heterocycles. The molecule has 3 heteroatoms. The van der Waals surface area contributed by atoms with Gasteiger partial charge in [-0.15, -0.1) is 0 Å². The van der Waals surface area contributed by atoms with Crippen molar-refractivity contribution in [2.24, 2.45) is 5.92 Å². The average molecular weight is 252 g/mol. The summed E-state index contributed by atoms with van der Waals surface area (Å²) < 4.78 is 11.2. The van der Waals surface area contributed by atoms with Gasteiger partial charge in [0.15, 0.2) is 0 Å². The highest BCUT2D eigenvalue weighted by atomic mass is 16.5. The zero-order valence-electron chi connectivity index (χ0n) is 11.6. The van der Waals surface area contributed by atoms with Crippen LogP contribution in [0.15, 0.2) is 23.0 Å². The Hall–Kier alpha value is -0.800. The van der Waals surface area contributed by atoms with Crippen LogP contribution >= 0.6 is 0 Å². The van der Waals surface area contributed by atoms with Crippen molar-refractivity contribution in [3.05, 3.63) is 24.2 Å². The SMILES string of the molecule is CC(C)CC(O)C[C@]1(C)CC[C@H](c2ccoc2)O1. The third-order valence-corrected chi connectivity index (χ3v) is 3.69. The molecule has 0 aliphatic carbocycles. The molecule has 1 aliphatic heterocycles. The van der Waals surface area contributed by atoms with Gasteiger partial charge >= 0.3 is 0 Å². The topological polar surface area (TPSA) is 42.6 Å². The Labute approximate surface area is 109 Å². The summed E-state index contributed by atoms with van der Waals surface area (Å²) >= 11 is 0. The predicted molar refractivity (Wildman–Crippen MR) is 70.3 cm³/mol. The minimum atomic E-state index is -0.266. The second-order valence-electron chi connectivity index (χ2n) is 6.14. The van der Waals surface area contributed by atoms with E-state index in [0.717, 1.165) is 31.2 Å². The van der Waals surface area contributed by atoms with Crippen molar-refractivity contribution >= 4 is 0 Å². The monoisotopic (exact) mass is 252 g/mol. The van der Waals surface area contributed by atoms with E-state index in [1.807, 2.05) is 6.07 Å². The van der Waals surface area contributed by atoms with Gasteiger partial charge in [-0.05, 0) is 38.2 Å². The fourth-order valence-electron chi connectivity index (χ4n) is 2.87. The van der Waals surface area contributed by atoms with Gasteiger partial charge in [0, 0.05) is 12.0 Å². The first-order chi connectivity index (χ1) is 8.48. The minimum Gasteiger partial charge on any atom is -0.472 e. The highest BCUT2D eigenvalue weighted by molar-refractivity contribution is 5.12. The quantitative estimate of drug-likeness (QED) is 0.869. The lowest BCUT2D eigenvalue weighted by Crippen LogP contribution is -2.30. The molecule has 0 radical (unpaired) electrons. The number of aliphatic hydroxyl groups excluding tert-OH is 1. The van der Waals surface area contributed by atoms with Crippen LogP contribution < -0.4 is 0 Å². The van der Waals surface area contributed by atoms with Crippen LogP contribution in [0.1, 0.15) is 58.1 Å². The molecule has 0 aromatic carbocycles. The lowest BCUT2D eigenvalue weighted by molar-refractivity contribution is -0.0602. The van der Waals surface area contributed by atoms with E-state index in [4.69, 9.17) is 9.15 Å². The number of hydrogen-bond donors (Lipinski definition) is 1. The van der Waals surface area contributed by atoms with Gasteiger partial charge in [-0.25, -0.2) is 0 Å². The van der Waals surface area contributed by atoms with Crippen LogP contribution in [0.3, 0.4) is 0 Å². The lowest BCUT2D eigenvalue weighted by Gasteiger charge is -2.28. The molecule has 102 valence electrons. The van der Waals surface area contributed by atoms with E-state index < -0.39 is 0 Å². The Morgan fingerprint density at radius 2 is 2.28 bits per heavy atom. The molecule has 18 heavy (non-hydrogen) atoms. The van der Waals surface area contributed by atoms with Crippen LogP contribution in [0.25, 0.3) is 0 Å². The lowest BCUT2D eigenvalue weighted by atomic mass is 9.91. The van der Waals surface area contributed by atoms with Crippen molar-refractivity contribution < 1.29 is 14.3 Å². The van der Waals surface area contributed by atoms with Crippen molar-refractivity contribution in [1.29, 1.82) is 0 Å². The van der Waals surface area contributed by atoms with E-state index in [2.05, 4.69) is 20.8 Å². The van der Waals surface area contributed by atoms with Crippen molar-refractivity contribution in [2.45, 2.75) is 64.3 Å². The average Bonchev–Trinajstić information content (AvgIpc) is 2.84. The molecule has 1 unspecified atom stereocenters. The summed E-state index contributed by atoms with van der Waals surface area (Å²) in [6.45, 7) is 6.38. The summed E-state index contributed by atoms with van der Waals surface area (Å²) in [5.74, 6) is 0.523. The molecule has 1 N–H and O–H groups in total. The van der Waals surface area contributed by atoms with E-state index in [-0.39, 0.29) is 17.8 Å². The first-order valence-electron chi connectivity index (χ1n) is 6.86. The molecule has 0 spiro atoms. The third-order valence-electron chi connectivity index (χ3n) is 3.69. The fourth-order valence-corrected chi connectivity index (χ4v) is 2.87. The second-order valence-corrected chi connectivity index (χ2v) is 6.14. The molecule has 3 atom stereocenters. The Morgan fingerprint density at radius 1 is 1.50 bits per heavy atom. The van der Waals surface area contributed by atoms with E-state index >= 15 is 0 Å². The maximum Gasteiger partial charge on any atom is 0.0960 e. The highest BCUT2D eigenvalue weighted by Gasteiger charge is 2.38. The van der Waals surface area contributed by atoms with Crippen molar-refractivity contribution in [3.63, 3.8) is 0 Å². The Bertz CT molecular complexity index is 358. The molecular formula is C15H24O3. The smallest absolute Gasteiger partial charge is 0.0960 e. The fraction of sp³-hybridized carbons (Fsp3) is 0.733. The Morgan fingerprint density at radius 3 is 2.89 bits per heavy atom. The molecule has 0 amide bonds. The van der Waals surface area contributed by atoms with Crippen LogP contribution in [0.4, 0.5) is 0 Å². The van der Waals surface area contributed by atoms with Crippen molar-refractivity contribution in [3.8, 4) is 0 Å². The second kappa shape index (κ2) is 5.45. The first kappa shape index (κ1) is 13.6. The van der Waals surface area contributed by atoms with Gasteiger partial charge < -0.3 is 14.3 Å². The maximum absolute atomic E-state index is 10.1. The molecule has 2 rings (SSSR count). The summed E-state index contributed by atoms with van der Waals surface area (Å²) in [5, 5.41) is 10.1. The van der Waals surface area contributed by atoms with E-state index in [1.165, 1.54) is 0 Å². The summed E-state index contributed by atoms with van der Waals surface area (Å²) in [7, 11) is 0. The normalized spacial score (nSPS) is 29.9. The largest absolute Gasteiger partial charge is 0.472 e. The van der Waals surface area contributed by atoms with Gasteiger partial charge in [-0.1, -0.05) is 13.8 Å². The van der Waals surface area contributed by atoms with Crippen LogP contribution in [-0.4, -0.2) is 16.8 Å². The zero-order chi connectivity index (χ0) is 13.2. The van der Waals surface area contributed by atoms with Crippen LogP contribution in [0.5, 0.6) is 0 Å². The van der Waals surface area contributed by atoms with Crippen LogP contribution in [0, 0.1) is 5.92 Å². The van der Waals surface area contributed by atoms with E-state index in [1.54, 1.807) is 12.5 Å². The van der Waals surface area contributed by atoms with E-state index in [0.29, 0.717) is 5.92 Å². The summed E-state index contributed by atoms with van der Waals surface area (Å²) in [5.41, 5.74) is 0.910. The van der Waals surface area contributed by atoms with Gasteiger partial charge in [-0.2, -0.15) is 0 Å².